The number of rotatable bonds is 6. The summed E-state index contributed by atoms with van der Waals surface area (Å²) in [5.74, 6) is 2.22. The maximum atomic E-state index is 10.4. The van der Waals surface area contributed by atoms with E-state index in [1.54, 1.807) is 6.20 Å². The van der Waals surface area contributed by atoms with E-state index in [1.807, 2.05) is 31.2 Å². The SMILES string of the molecule is Cc1nccc(C[C@@H]2[C@@H](CO)[C@H](O)C[C@H]2NCc2ccc3c(c2)OCO3)n1. The van der Waals surface area contributed by atoms with E-state index in [0.717, 1.165) is 28.6 Å². The maximum absolute atomic E-state index is 10.4. The molecule has 7 nitrogen and oxygen atoms in total. The zero-order valence-electron chi connectivity index (χ0n) is 15.3. The highest BCUT2D eigenvalue weighted by Gasteiger charge is 2.42. The van der Waals surface area contributed by atoms with E-state index in [1.165, 1.54) is 0 Å². The molecule has 1 saturated carbocycles. The fourth-order valence-electron chi connectivity index (χ4n) is 4.14. The third-order valence-corrected chi connectivity index (χ3v) is 5.55. The largest absolute Gasteiger partial charge is 0.454 e. The van der Waals surface area contributed by atoms with Gasteiger partial charge in [0.2, 0.25) is 6.79 Å². The van der Waals surface area contributed by atoms with E-state index in [2.05, 4.69) is 15.3 Å². The van der Waals surface area contributed by atoms with Gasteiger partial charge in [-0.25, -0.2) is 9.97 Å². The van der Waals surface area contributed by atoms with Gasteiger partial charge in [-0.3, -0.25) is 0 Å². The molecule has 0 unspecified atom stereocenters. The summed E-state index contributed by atoms with van der Waals surface area (Å²) in [6, 6.07) is 7.91. The van der Waals surface area contributed by atoms with Gasteiger partial charge in [0, 0.05) is 37.0 Å². The van der Waals surface area contributed by atoms with Crippen molar-refractivity contribution in [3.8, 4) is 11.5 Å². The standard InChI is InChI=1S/C20H25N3O4/c1-12-21-5-4-14(23-12)7-15-16(10-24)18(25)8-17(15)22-9-13-2-3-19-20(6-13)27-11-26-19/h2-6,15-18,22,24-25H,7-11H2,1H3/t15-,16-,17-,18-/m1/s1. The molecule has 0 amide bonds. The number of aliphatic hydroxyl groups excluding tert-OH is 2. The van der Waals surface area contributed by atoms with E-state index < -0.39 is 6.10 Å². The molecule has 1 aliphatic carbocycles. The third-order valence-electron chi connectivity index (χ3n) is 5.55. The molecule has 0 saturated heterocycles. The predicted octanol–water partition coefficient (Wildman–Crippen LogP) is 1.20. The van der Waals surface area contributed by atoms with Crippen molar-refractivity contribution < 1.29 is 19.7 Å². The van der Waals surface area contributed by atoms with Gasteiger partial charge in [-0.05, 0) is 49.4 Å². The van der Waals surface area contributed by atoms with E-state index in [-0.39, 0.29) is 31.3 Å². The van der Waals surface area contributed by atoms with E-state index in [0.29, 0.717) is 19.4 Å². The lowest BCUT2D eigenvalue weighted by atomic mass is 9.88. The average molecular weight is 371 g/mol. The third kappa shape index (κ3) is 3.90. The van der Waals surface area contributed by atoms with Gasteiger partial charge in [-0.2, -0.15) is 0 Å². The molecule has 0 bridgehead atoms. The molecule has 0 radical (unpaired) electrons. The number of hydrogen-bond donors (Lipinski definition) is 3. The zero-order valence-corrected chi connectivity index (χ0v) is 15.3. The van der Waals surface area contributed by atoms with Gasteiger partial charge in [0.15, 0.2) is 11.5 Å². The highest BCUT2D eigenvalue weighted by atomic mass is 16.7. The van der Waals surface area contributed by atoms with Crippen LogP contribution >= 0.6 is 0 Å². The molecule has 1 aromatic heterocycles. The van der Waals surface area contributed by atoms with Crippen LogP contribution in [-0.4, -0.2) is 45.7 Å². The van der Waals surface area contributed by atoms with Gasteiger partial charge >= 0.3 is 0 Å². The molecule has 2 heterocycles. The first kappa shape index (κ1) is 18.2. The number of nitrogens with zero attached hydrogens (tertiary/aromatic N) is 2. The smallest absolute Gasteiger partial charge is 0.231 e. The lowest BCUT2D eigenvalue weighted by Gasteiger charge is -2.25. The lowest BCUT2D eigenvalue weighted by molar-refractivity contribution is 0.0716. The molecule has 27 heavy (non-hydrogen) atoms. The summed E-state index contributed by atoms with van der Waals surface area (Å²) in [5.41, 5.74) is 2.03. The van der Waals surface area contributed by atoms with Crippen molar-refractivity contribution in [2.45, 2.75) is 38.5 Å². The molecule has 4 rings (SSSR count). The molecule has 2 aromatic rings. The van der Waals surface area contributed by atoms with Crippen LogP contribution in [0.15, 0.2) is 30.5 Å². The number of aryl methyl sites for hydroxylation is 1. The predicted molar refractivity (Wildman–Crippen MR) is 98.4 cm³/mol. The lowest BCUT2D eigenvalue weighted by Crippen LogP contribution is -2.36. The number of fused-ring (bicyclic) bond motifs is 1. The van der Waals surface area contributed by atoms with E-state index >= 15 is 0 Å². The van der Waals surface area contributed by atoms with Crippen molar-refractivity contribution in [2.75, 3.05) is 13.4 Å². The maximum Gasteiger partial charge on any atom is 0.231 e. The van der Waals surface area contributed by atoms with Gasteiger partial charge in [0.25, 0.3) is 0 Å². The summed E-state index contributed by atoms with van der Waals surface area (Å²) in [7, 11) is 0. The summed E-state index contributed by atoms with van der Waals surface area (Å²) in [6.07, 6.45) is 2.55. The Kier molecular flexibility index (Phi) is 5.24. The first-order valence-electron chi connectivity index (χ1n) is 9.33. The topological polar surface area (TPSA) is 96.7 Å². The van der Waals surface area contributed by atoms with Crippen LogP contribution in [0.3, 0.4) is 0 Å². The molecule has 2 aliphatic rings. The Morgan fingerprint density at radius 1 is 1.19 bits per heavy atom. The zero-order chi connectivity index (χ0) is 18.8. The van der Waals surface area contributed by atoms with Crippen molar-refractivity contribution >= 4 is 0 Å². The molecule has 4 atom stereocenters. The molecular formula is C20H25N3O4. The number of benzene rings is 1. The second kappa shape index (κ2) is 7.80. The van der Waals surface area contributed by atoms with Gasteiger partial charge in [0.05, 0.1) is 6.10 Å². The van der Waals surface area contributed by atoms with Gasteiger partial charge in [-0.1, -0.05) is 6.07 Å². The first-order valence-corrected chi connectivity index (χ1v) is 9.33. The minimum Gasteiger partial charge on any atom is -0.454 e. The minimum absolute atomic E-state index is 0.0297. The second-order valence-electron chi connectivity index (χ2n) is 7.29. The fourth-order valence-corrected chi connectivity index (χ4v) is 4.14. The van der Waals surface area contributed by atoms with Crippen LogP contribution in [0.1, 0.15) is 23.5 Å². The Bertz CT molecular complexity index is 801. The summed E-state index contributed by atoms with van der Waals surface area (Å²) < 4.78 is 10.8. The fraction of sp³-hybridized carbons (Fsp3) is 0.500. The second-order valence-corrected chi connectivity index (χ2v) is 7.29. The minimum atomic E-state index is -0.516. The van der Waals surface area contributed by atoms with Crippen LogP contribution in [0.4, 0.5) is 0 Å². The molecule has 1 aliphatic heterocycles. The number of nitrogens with one attached hydrogen (secondary N) is 1. The van der Waals surface area contributed by atoms with Crippen molar-refractivity contribution in [3.63, 3.8) is 0 Å². The Morgan fingerprint density at radius 2 is 2.04 bits per heavy atom. The van der Waals surface area contributed by atoms with Crippen LogP contribution < -0.4 is 14.8 Å². The summed E-state index contributed by atoms with van der Waals surface area (Å²) >= 11 is 0. The molecule has 0 spiro atoms. The van der Waals surface area contributed by atoms with Crippen LogP contribution in [0, 0.1) is 18.8 Å². The molecule has 3 N–H and O–H groups in total. The normalized spacial score (nSPS) is 26.5. The summed E-state index contributed by atoms with van der Waals surface area (Å²) in [4.78, 5) is 8.63. The molecular weight excluding hydrogens is 346 g/mol. The molecule has 7 heteroatoms. The summed E-state index contributed by atoms with van der Waals surface area (Å²) in [6.45, 7) is 2.76. The van der Waals surface area contributed by atoms with E-state index in [4.69, 9.17) is 9.47 Å². The number of aliphatic hydroxyl groups is 2. The molecule has 1 fully saturated rings. The van der Waals surface area contributed by atoms with Crippen molar-refractivity contribution in [1.82, 2.24) is 15.3 Å². The van der Waals surface area contributed by atoms with Crippen molar-refractivity contribution in [2.24, 2.45) is 11.8 Å². The monoisotopic (exact) mass is 371 g/mol. The molecule has 1 aromatic carbocycles. The first-order chi connectivity index (χ1) is 13.1. The quantitative estimate of drug-likeness (QED) is 0.702. The molecule has 144 valence electrons. The highest BCUT2D eigenvalue weighted by Crippen LogP contribution is 2.36. The average Bonchev–Trinajstić information content (AvgIpc) is 3.23. The van der Waals surface area contributed by atoms with Crippen LogP contribution in [0.2, 0.25) is 0 Å². The number of hydrogen-bond acceptors (Lipinski definition) is 7. The van der Waals surface area contributed by atoms with Crippen LogP contribution in [0.5, 0.6) is 11.5 Å². The Hall–Kier alpha value is -2.22. The Morgan fingerprint density at radius 3 is 2.85 bits per heavy atom. The van der Waals surface area contributed by atoms with Crippen molar-refractivity contribution in [1.29, 1.82) is 0 Å². The number of ether oxygens (including phenoxy) is 2. The van der Waals surface area contributed by atoms with Gasteiger partial charge in [0.1, 0.15) is 5.82 Å². The Labute approximate surface area is 158 Å². The van der Waals surface area contributed by atoms with Crippen LogP contribution in [0.25, 0.3) is 0 Å². The van der Waals surface area contributed by atoms with E-state index in [9.17, 15) is 10.2 Å². The van der Waals surface area contributed by atoms with Crippen molar-refractivity contribution in [3.05, 3.63) is 47.5 Å². The number of aromatic nitrogens is 2. The highest BCUT2D eigenvalue weighted by molar-refractivity contribution is 5.44. The Balaban J connectivity index is 1.46. The summed E-state index contributed by atoms with van der Waals surface area (Å²) in [5, 5.41) is 23.8. The van der Waals surface area contributed by atoms with Gasteiger partial charge in [-0.15, -0.1) is 0 Å². The van der Waals surface area contributed by atoms with Crippen LogP contribution in [-0.2, 0) is 13.0 Å². The van der Waals surface area contributed by atoms with Gasteiger partial charge < -0.3 is 25.0 Å².